The van der Waals surface area contributed by atoms with Gasteiger partial charge in [-0.1, -0.05) is 0 Å². The molecule has 1 fully saturated rings. The van der Waals surface area contributed by atoms with Crippen LogP contribution in [0.25, 0.3) is 0 Å². The molecular weight excluding hydrogens is 171 g/mol. The minimum atomic E-state index is -0.395. The zero-order valence-electron chi connectivity index (χ0n) is 8.05. The van der Waals surface area contributed by atoms with Gasteiger partial charge in [-0.15, -0.1) is 0 Å². The van der Waals surface area contributed by atoms with E-state index in [0.717, 1.165) is 19.6 Å². The summed E-state index contributed by atoms with van der Waals surface area (Å²) in [6, 6.07) is 0.364. The third kappa shape index (κ3) is 3.30. The van der Waals surface area contributed by atoms with E-state index < -0.39 is 6.67 Å². The summed E-state index contributed by atoms with van der Waals surface area (Å²) in [4.78, 5) is 13.3. The molecule has 1 atom stereocenters. The summed E-state index contributed by atoms with van der Waals surface area (Å²) in [6.45, 7) is 4.02. The molecule has 0 radical (unpaired) electrons. The normalized spacial score (nSPS) is 23.2. The number of amides is 1. The Morgan fingerprint density at radius 2 is 2.46 bits per heavy atom. The van der Waals surface area contributed by atoms with Crippen LogP contribution in [0, 0.1) is 0 Å². The monoisotopic (exact) mass is 188 g/mol. The second-order valence-electron chi connectivity index (χ2n) is 3.49. The van der Waals surface area contributed by atoms with Gasteiger partial charge in [-0.05, 0) is 13.3 Å². The van der Waals surface area contributed by atoms with E-state index in [0.29, 0.717) is 18.9 Å². The number of alkyl halides is 1. The molecule has 0 bridgehead atoms. The lowest BCUT2D eigenvalue weighted by Gasteiger charge is -2.31. The molecule has 0 spiro atoms. The lowest BCUT2D eigenvalue weighted by atomic mass is 10.2. The Morgan fingerprint density at radius 1 is 1.69 bits per heavy atom. The maximum atomic E-state index is 11.8. The maximum absolute atomic E-state index is 11.8. The van der Waals surface area contributed by atoms with Gasteiger partial charge in [-0.25, -0.2) is 0 Å². The fourth-order valence-electron chi connectivity index (χ4n) is 1.53. The van der Waals surface area contributed by atoms with Gasteiger partial charge in [-0.3, -0.25) is 9.18 Å². The second kappa shape index (κ2) is 5.17. The minimum Gasteiger partial charge on any atom is -0.340 e. The van der Waals surface area contributed by atoms with E-state index in [1.54, 1.807) is 0 Å². The van der Waals surface area contributed by atoms with Crippen molar-refractivity contribution in [3.8, 4) is 0 Å². The van der Waals surface area contributed by atoms with Gasteiger partial charge < -0.3 is 10.2 Å². The van der Waals surface area contributed by atoms with Crippen molar-refractivity contribution in [3.63, 3.8) is 0 Å². The van der Waals surface area contributed by atoms with Crippen molar-refractivity contribution in [2.75, 3.05) is 26.3 Å². The van der Waals surface area contributed by atoms with Crippen LogP contribution in [-0.2, 0) is 4.79 Å². The van der Waals surface area contributed by atoms with Crippen LogP contribution in [0.5, 0.6) is 0 Å². The van der Waals surface area contributed by atoms with Gasteiger partial charge in [0.05, 0.1) is 6.67 Å². The summed E-state index contributed by atoms with van der Waals surface area (Å²) in [6.07, 6.45) is 0.709. The van der Waals surface area contributed by atoms with Crippen molar-refractivity contribution < 1.29 is 9.18 Å². The number of carbonyl (C=O) groups excluding carboxylic acids is 1. The summed E-state index contributed by atoms with van der Waals surface area (Å²) >= 11 is 0. The third-order valence-corrected chi connectivity index (χ3v) is 2.25. The molecule has 0 aromatic rings. The molecular formula is C9H17FN2O. The Hall–Kier alpha value is -0.640. The van der Waals surface area contributed by atoms with Gasteiger partial charge in [0.15, 0.2) is 0 Å². The average molecular weight is 188 g/mol. The Balaban J connectivity index is 2.28. The molecule has 13 heavy (non-hydrogen) atoms. The van der Waals surface area contributed by atoms with E-state index in [9.17, 15) is 9.18 Å². The lowest BCUT2D eigenvalue weighted by Crippen LogP contribution is -2.51. The molecule has 1 saturated heterocycles. The number of rotatable bonds is 3. The molecule has 76 valence electrons. The van der Waals surface area contributed by atoms with Crippen molar-refractivity contribution in [3.05, 3.63) is 0 Å². The highest BCUT2D eigenvalue weighted by Gasteiger charge is 2.19. The minimum absolute atomic E-state index is 0.0889. The molecule has 1 aliphatic rings. The van der Waals surface area contributed by atoms with Crippen molar-refractivity contribution in [2.24, 2.45) is 0 Å². The molecule has 0 aromatic carbocycles. The highest BCUT2D eigenvalue weighted by molar-refractivity contribution is 5.76. The van der Waals surface area contributed by atoms with E-state index in [4.69, 9.17) is 0 Å². The SMILES string of the molecule is CC1CN(C(=O)CCCF)CCN1. The largest absolute Gasteiger partial charge is 0.340 e. The first kappa shape index (κ1) is 10.4. The van der Waals surface area contributed by atoms with E-state index in [1.807, 2.05) is 4.90 Å². The standard InChI is InChI=1S/C9H17FN2O/c1-8-7-12(6-5-11-8)9(13)3-2-4-10/h8,11H,2-7H2,1H3. The highest BCUT2D eigenvalue weighted by atomic mass is 19.1. The third-order valence-electron chi connectivity index (χ3n) is 2.25. The zero-order valence-corrected chi connectivity index (χ0v) is 8.05. The Kier molecular flexibility index (Phi) is 4.15. The first-order chi connectivity index (χ1) is 6.24. The molecule has 0 aromatic heterocycles. The number of nitrogens with zero attached hydrogens (tertiary/aromatic N) is 1. The second-order valence-corrected chi connectivity index (χ2v) is 3.49. The van der Waals surface area contributed by atoms with Gasteiger partial charge in [0, 0.05) is 32.1 Å². The van der Waals surface area contributed by atoms with Crippen LogP contribution in [0.2, 0.25) is 0 Å². The average Bonchev–Trinajstić information content (AvgIpc) is 2.14. The van der Waals surface area contributed by atoms with Crippen molar-refractivity contribution in [1.29, 1.82) is 0 Å². The highest BCUT2D eigenvalue weighted by Crippen LogP contribution is 2.03. The van der Waals surface area contributed by atoms with E-state index in [2.05, 4.69) is 12.2 Å². The number of hydrogen-bond donors (Lipinski definition) is 1. The van der Waals surface area contributed by atoms with E-state index in [1.165, 1.54) is 0 Å². The predicted octanol–water partition coefficient (Wildman–Crippen LogP) is 0.556. The first-order valence-electron chi connectivity index (χ1n) is 4.81. The number of halogens is 1. The maximum Gasteiger partial charge on any atom is 0.222 e. The van der Waals surface area contributed by atoms with Crippen molar-refractivity contribution in [1.82, 2.24) is 10.2 Å². The summed E-state index contributed by atoms with van der Waals surface area (Å²) in [5, 5.41) is 3.25. The van der Waals surface area contributed by atoms with Crippen LogP contribution < -0.4 is 5.32 Å². The van der Waals surface area contributed by atoms with Gasteiger partial charge in [0.2, 0.25) is 5.91 Å². The summed E-state index contributed by atoms with van der Waals surface area (Å²) < 4.78 is 11.8. The van der Waals surface area contributed by atoms with Crippen LogP contribution in [-0.4, -0.2) is 43.2 Å². The Morgan fingerprint density at radius 3 is 3.08 bits per heavy atom. The van der Waals surface area contributed by atoms with Crippen LogP contribution >= 0.6 is 0 Å². The van der Waals surface area contributed by atoms with Crippen LogP contribution in [0.1, 0.15) is 19.8 Å². The van der Waals surface area contributed by atoms with Gasteiger partial charge in [0.1, 0.15) is 0 Å². The predicted molar refractivity (Wildman–Crippen MR) is 49.3 cm³/mol. The van der Waals surface area contributed by atoms with Crippen LogP contribution in [0.15, 0.2) is 0 Å². The van der Waals surface area contributed by atoms with Crippen LogP contribution in [0.4, 0.5) is 4.39 Å². The molecule has 1 amide bonds. The molecule has 4 heteroatoms. The molecule has 1 aliphatic heterocycles. The summed E-state index contributed by atoms with van der Waals surface area (Å²) in [5.74, 6) is 0.0889. The number of nitrogens with one attached hydrogen (secondary N) is 1. The van der Waals surface area contributed by atoms with Crippen molar-refractivity contribution in [2.45, 2.75) is 25.8 Å². The molecule has 1 rings (SSSR count). The smallest absolute Gasteiger partial charge is 0.222 e. The van der Waals surface area contributed by atoms with Gasteiger partial charge in [0.25, 0.3) is 0 Å². The molecule has 3 nitrogen and oxygen atoms in total. The quantitative estimate of drug-likeness (QED) is 0.701. The van der Waals surface area contributed by atoms with Gasteiger partial charge >= 0.3 is 0 Å². The zero-order chi connectivity index (χ0) is 9.68. The topological polar surface area (TPSA) is 32.3 Å². The molecule has 1 N–H and O–H groups in total. The lowest BCUT2D eigenvalue weighted by molar-refractivity contribution is -0.132. The van der Waals surface area contributed by atoms with E-state index >= 15 is 0 Å². The Labute approximate surface area is 78.3 Å². The summed E-state index contributed by atoms with van der Waals surface area (Å²) in [5.41, 5.74) is 0. The molecule has 0 aliphatic carbocycles. The number of carbonyl (C=O) groups is 1. The van der Waals surface area contributed by atoms with E-state index in [-0.39, 0.29) is 5.91 Å². The number of hydrogen-bond acceptors (Lipinski definition) is 2. The molecule has 0 saturated carbocycles. The van der Waals surface area contributed by atoms with Crippen LogP contribution in [0.3, 0.4) is 0 Å². The van der Waals surface area contributed by atoms with Crippen molar-refractivity contribution >= 4 is 5.91 Å². The fraction of sp³-hybridized carbons (Fsp3) is 0.889. The molecule has 1 unspecified atom stereocenters. The first-order valence-corrected chi connectivity index (χ1v) is 4.81. The fourth-order valence-corrected chi connectivity index (χ4v) is 1.53. The summed E-state index contributed by atoms with van der Waals surface area (Å²) in [7, 11) is 0. The van der Waals surface area contributed by atoms with Gasteiger partial charge in [-0.2, -0.15) is 0 Å². The Bertz CT molecular complexity index is 175. The number of piperazine rings is 1. The molecule has 1 heterocycles.